The quantitative estimate of drug-likeness (QED) is 0.863. The molecule has 0 aliphatic rings. The van der Waals surface area contributed by atoms with Gasteiger partial charge in [0.25, 0.3) is 0 Å². The Balaban J connectivity index is 2.48. The van der Waals surface area contributed by atoms with Crippen LogP contribution in [0.15, 0.2) is 18.2 Å². The van der Waals surface area contributed by atoms with Crippen molar-refractivity contribution in [2.45, 2.75) is 32.7 Å². The molecule has 0 atom stereocenters. The van der Waals surface area contributed by atoms with Gasteiger partial charge >= 0.3 is 0 Å². The van der Waals surface area contributed by atoms with Gasteiger partial charge in [0, 0.05) is 11.3 Å². The van der Waals surface area contributed by atoms with Gasteiger partial charge in [-0.2, -0.15) is 0 Å². The molecule has 0 bridgehead atoms. The maximum atomic E-state index is 6.20. The molecule has 96 valence electrons. The van der Waals surface area contributed by atoms with Gasteiger partial charge in [-0.05, 0) is 41.5 Å². The van der Waals surface area contributed by atoms with Gasteiger partial charge in [0.15, 0.2) is 5.82 Å². The molecule has 0 spiro atoms. The van der Waals surface area contributed by atoms with E-state index in [9.17, 15) is 0 Å². The molecule has 0 amide bonds. The van der Waals surface area contributed by atoms with Crippen LogP contribution in [0.3, 0.4) is 0 Å². The van der Waals surface area contributed by atoms with Crippen LogP contribution in [0.4, 0.5) is 5.69 Å². The summed E-state index contributed by atoms with van der Waals surface area (Å²) in [6.45, 7) is 4.23. The highest BCUT2D eigenvalue weighted by molar-refractivity contribution is 6.33. The number of benzene rings is 1. The van der Waals surface area contributed by atoms with E-state index >= 15 is 0 Å². The normalized spacial score (nSPS) is 11.1. The van der Waals surface area contributed by atoms with Crippen LogP contribution in [0.2, 0.25) is 5.02 Å². The number of aromatic nitrogens is 4. The summed E-state index contributed by atoms with van der Waals surface area (Å²) in [6.07, 6.45) is 1.95. The van der Waals surface area contributed by atoms with Crippen LogP contribution in [0, 0.1) is 0 Å². The SMILES string of the molecule is CCC(CC)n1nnnc1-c1ccc(N)cc1Cl. The Bertz CT molecular complexity index is 533. The molecule has 18 heavy (non-hydrogen) atoms. The molecule has 0 fully saturated rings. The topological polar surface area (TPSA) is 69.6 Å². The maximum absolute atomic E-state index is 6.20. The molecule has 0 radical (unpaired) electrons. The first-order chi connectivity index (χ1) is 8.67. The Labute approximate surface area is 111 Å². The smallest absolute Gasteiger partial charge is 0.183 e. The lowest BCUT2D eigenvalue weighted by atomic mass is 10.1. The van der Waals surface area contributed by atoms with E-state index in [1.807, 2.05) is 10.7 Å². The molecule has 6 heteroatoms. The van der Waals surface area contributed by atoms with Crippen molar-refractivity contribution in [2.24, 2.45) is 0 Å². The Morgan fingerprint density at radius 1 is 1.33 bits per heavy atom. The second-order valence-electron chi connectivity index (χ2n) is 4.16. The highest BCUT2D eigenvalue weighted by atomic mass is 35.5. The second kappa shape index (κ2) is 5.35. The minimum absolute atomic E-state index is 0.281. The molecule has 0 unspecified atom stereocenters. The minimum atomic E-state index is 0.281. The first-order valence-electron chi connectivity index (χ1n) is 6.00. The van der Waals surface area contributed by atoms with Gasteiger partial charge in [-0.25, -0.2) is 4.68 Å². The predicted molar refractivity (Wildman–Crippen MR) is 72.3 cm³/mol. The van der Waals surface area contributed by atoms with Crippen molar-refractivity contribution in [1.82, 2.24) is 20.2 Å². The number of nitrogens with zero attached hydrogens (tertiary/aromatic N) is 4. The largest absolute Gasteiger partial charge is 0.399 e. The van der Waals surface area contributed by atoms with E-state index in [1.54, 1.807) is 12.1 Å². The molecule has 5 nitrogen and oxygen atoms in total. The first-order valence-corrected chi connectivity index (χ1v) is 6.38. The summed E-state index contributed by atoms with van der Waals surface area (Å²) in [5.41, 5.74) is 7.13. The van der Waals surface area contributed by atoms with Gasteiger partial charge in [0.2, 0.25) is 0 Å². The highest BCUT2D eigenvalue weighted by Gasteiger charge is 2.17. The van der Waals surface area contributed by atoms with Crippen molar-refractivity contribution in [2.75, 3.05) is 5.73 Å². The van der Waals surface area contributed by atoms with Crippen LogP contribution in [0.5, 0.6) is 0 Å². The van der Waals surface area contributed by atoms with Crippen LogP contribution >= 0.6 is 11.6 Å². The van der Waals surface area contributed by atoms with E-state index in [0.717, 1.165) is 18.4 Å². The third-order valence-electron chi connectivity index (χ3n) is 3.02. The molecule has 0 aliphatic heterocycles. The van der Waals surface area contributed by atoms with Crippen LogP contribution in [-0.2, 0) is 0 Å². The molecular formula is C12H16ClN5. The summed E-state index contributed by atoms with van der Waals surface area (Å²) in [5.74, 6) is 0.689. The van der Waals surface area contributed by atoms with Crippen LogP contribution in [0.25, 0.3) is 11.4 Å². The fourth-order valence-electron chi connectivity index (χ4n) is 1.96. The molecule has 2 N–H and O–H groups in total. The predicted octanol–water partition coefficient (Wildman–Crippen LogP) is 2.94. The Kier molecular flexibility index (Phi) is 3.81. The maximum Gasteiger partial charge on any atom is 0.183 e. The molecule has 1 aromatic carbocycles. The lowest BCUT2D eigenvalue weighted by Crippen LogP contribution is -2.10. The average Bonchev–Trinajstić information content (AvgIpc) is 2.80. The number of hydrogen-bond donors (Lipinski definition) is 1. The van der Waals surface area contributed by atoms with Crippen molar-refractivity contribution >= 4 is 17.3 Å². The van der Waals surface area contributed by atoms with E-state index < -0.39 is 0 Å². The lowest BCUT2D eigenvalue weighted by molar-refractivity contribution is 0.422. The molecule has 2 rings (SSSR count). The molecular weight excluding hydrogens is 250 g/mol. The summed E-state index contributed by atoms with van der Waals surface area (Å²) in [7, 11) is 0. The van der Waals surface area contributed by atoms with E-state index in [-0.39, 0.29) is 6.04 Å². The molecule has 1 aromatic heterocycles. The van der Waals surface area contributed by atoms with Crippen LogP contribution in [0.1, 0.15) is 32.7 Å². The van der Waals surface area contributed by atoms with E-state index in [4.69, 9.17) is 17.3 Å². The Morgan fingerprint density at radius 2 is 2.06 bits per heavy atom. The Morgan fingerprint density at radius 3 is 2.67 bits per heavy atom. The molecule has 0 saturated heterocycles. The van der Waals surface area contributed by atoms with Crippen LogP contribution in [-0.4, -0.2) is 20.2 Å². The number of nitrogen functional groups attached to an aromatic ring is 1. The fourth-order valence-corrected chi connectivity index (χ4v) is 2.24. The third-order valence-corrected chi connectivity index (χ3v) is 3.33. The standard InChI is InChI=1S/C12H16ClN5/c1-3-9(4-2)18-12(15-16-17-18)10-6-5-8(14)7-11(10)13/h5-7,9H,3-4,14H2,1-2H3. The van der Waals surface area contributed by atoms with Crippen molar-refractivity contribution in [3.8, 4) is 11.4 Å². The lowest BCUT2D eigenvalue weighted by Gasteiger charge is -2.14. The Hall–Kier alpha value is -1.62. The van der Waals surface area contributed by atoms with Crippen molar-refractivity contribution in [1.29, 1.82) is 0 Å². The van der Waals surface area contributed by atoms with Crippen molar-refractivity contribution < 1.29 is 0 Å². The monoisotopic (exact) mass is 265 g/mol. The molecule has 0 aliphatic carbocycles. The number of anilines is 1. The molecule has 1 heterocycles. The average molecular weight is 266 g/mol. The molecule has 0 saturated carbocycles. The third kappa shape index (κ3) is 2.31. The summed E-state index contributed by atoms with van der Waals surface area (Å²) >= 11 is 6.20. The van der Waals surface area contributed by atoms with E-state index in [1.165, 1.54) is 0 Å². The number of tetrazole rings is 1. The van der Waals surface area contributed by atoms with Gasteiger partial charge in [-0.1, -0.05) is 25.4 Å². The molecule has 2 aromatic rings. The zero-order valence-electron chi connectivity index (χ0n) is 10.5. The zero-order valence-corrected chi connectivity index (χ0v) is 11.2. The van der Waals surface area contributed by atoms with E-state index in [2.05, 4.69) is 29.4 Å². The number of rotatable bonds is 4. The van der Waals surface area contributed by atoms with Gasteiger partial charge in [0.1, 0.15) is 0 Å². The van der Waals surface area contributed by atoms with Gasteiger partial charge in [-0.15, -0.1) is 5.10 Å². The van der Waals surface area contributed by atoms with Crippen molar-refractivity contribution in [3.05, 3.63) is 23.2 Å². The van der Waals surface area contributed by atoms with Gasteiger partial charge in [0.05, 0.1) is 11.1 Å². The number of halogens is 1. The van der Waals surface area contributed by atoms with E-state index in [0.29, 0.717) is 16.5 Å². The highest BCUT2D eigenvalue weighted by Crippen LogP contribution is 2.30. The fraction of sp³-hybridized carbons (Fsp3) is 0.417. The first kappa shape index (κ1) is 12.8. The second-order valence-corrected chi connectivity index (χ2v) is 4.56. The van der Waals surface area contributed by atoms with Gasteiger partial charge in [-0.3, -0.25) is 0 Å². The number of nitrogens with two attached hydrogens (primary N) is 1. The summed E-state index contributed by atoms with van der Waals surface area (Å²) in [6, 6.07) is 5.64. The summed E-state index contributed by atoms with van der Waals surface area (Å²) in [5, 5.41) is 12.5. The van der Waals surface area contributed by atoms with Gasteiger partial charge < -0.3 is 5.73 Å². The van der Waals surface area contributed by atoms with Crippen LogP contribution < -0.4 is 5.73 Å². The zero-order chi connectivity index (χ0) is 13.1. The summed E-state index contributed by atoms with van der Waals surface area (Å²) < 4.78 is 1.83. The minimum Gasteiger partial charge on any atom is -0.399 e. The number of hydrogen-bond acceptors (Lipinski definition) is 4. The summed E-state index contributed by atoms with van der Waals surface area (Å²) in [4.78, 5) is 0. The van der Waals surface area contributed by atoms with Crippen molar-refractivity contribution in [3.63, 3.8) is 0 Å².